The van der Waals surface area contributed by atoms with E-state index in [4.69, 9.17) is 0 Å². The Bertz CT molecular complexity index is 1650. The maximum Gasteiger partial charge on any atom is 0.190 e. The first-order valence-corrected chi connectivity index (χ1v) is 17.9. The quantitative estimate of drug-likeness (QED) is 0.356. The van der Waals surface area contributed by atoms with E-state index >= 15 is 4.39 Å². The van der Waals surface area contributed by atoms with Gasteiger partial charge >= 0.3 is 0 Å². The minimum atomic E-state index is -1.98. The van der Waals surface area contributed by atoms with Crippen LogP contribution in [0.5, 0.6) is 0 Å². The van der Waals surface area contributed by atoms with Gasteiger partial charge in [-0.3, -0.25) is 19.5 Å². The van der Waals surface area contributed by atoms with Crippen molar-refractivity contribution in [1.82, 2.24) is 9.88 Å². The summed E-state index contributed by atoms with van der Waals surface area (Å²) in [5, 5.41) is 32.0. The van der Waals surface area contributed by atoms with Crippen molar-refractivity contribution in [3.8, 4) is 0 Å². The Morgan fingerprint density at radius 3 is 2.47 bits per heavy atom. The number of rotatable bonds is 6. The Kier molecular flexibility index (Phi) is 9.74. The van der Waals surface area contributed by atoms with Crippen LogP contribution in [0.4, 0.5) is 4.39 Å². The number of aliphatic hydroxyl groups excluding tert-OH is 2. The second-order valence-electron chi connectivity index (χ2n) is 15.5. The zero-order valence-electron chi connectivity index (χ0n) is 29.2. The van der Waals surface area contributed by atoms with E-state index in [0.29, 0.717) is 24.8 Å². The molecule has 0 amide bonds. The second-order valence-corrected chi connectivity index (χ2v) is 15.5. The molecule has 0 bridgehead atoms. The van der Waals surface area contributed by atoms with Gasteiger partial charge in [-0.25, -0.2) is 4.39 Å². The van der Waals surface area contributed by atoms with Crippen LogP contribution in [0.25, 0.3) is 5.57 Å². The lowest BCUT2D eigenvalue weighted by atomic mass is 9.44. The van der Waals surface area contributed by atoms with E-state index in [0.717, 1.165) is 12.2 Å². The SMILES string of the molecule is C[C@@H]1C[C@H]2[C@@H]3CCC4=CC(=O)C=C[C@]4(C)[C@@]3(F)[C@@H](O)C[C@]2(C)[C@@]1(O)C(=O)CO.Cc1ccc(/C(=C\CN2CCCC2)c2ccccn2)cc1. The largest absolute Gasteiger partial charge is 0.390 e. The van der Waals surface area contributed by atoms with Gasteiger partial charge in [0.25, 0.3) is 0 Å². The second kappa shape index (κ2) is 13.4. The molecule has 3 N–H and O–H groups in total. The van der Waals surface area contributed by atoms with Crippen LogP contribution < -0.4 is 0 Å². The average molecular weight is 671 g/mol. The number of alkyl halides is 1. The summed E-state index contributed by atoms with van der Waals surface area (Å²) in [4.78, 5) is 31.4. The first kappa shape index (κ1) is 35.5. The molecule has 7 nitrogen and oxygen atoms in total. The number of hydrogen-bond donors (Lipinski definition) is 3. The molecule has 1 saturated heterocycles. The first-order chi connectivity index (χ1) is 23.3. The van der Waals surface area contributed by atoms with Crippen LogP contribution in [0.2, 0.25) is 0 Å². The van der Waals surface area contributed by atoms with E-state index < -0.39 is 52.4 Å². The van der Waals surface area contributed by atoms with Crippen LogP contribution >= 0.6 is 0 Å². The molecule has 2 aromatic rings. The van der Waals surface area contributed by atoms with Gasteiger partial charge in [0.05, 0.1) is 11.8 Å². The monoisotopic (exact) mass is 670 g/mol. The van der Waals surface area contributed by atoms with E-state index in [9.17, 15) is 24.9 Å². The Labute approximate surface area is 289 Å². The number of ketones is 2. The van der Waals surface area contributed by atoms with Crippen LogP contribution in [0.1, 0.15) is 76.1 Å². The lowest BCUT2D eigenvalue weighted by Gasteiger charge is -2.62. The minimum Gasteiger partial charge on any atom is -0.390 e. The van der Waals surface area contributed by atoms with Crippen molar-refractivity contribution >= 4 is 17.1 Å². The number of allylic oxidation sites excluding steroid dienone is 4. The van der Waals surface area contributed by atoms with E-state index in [-0.39, 0.29) is 18.1 Å². The number of likely N-dealkylation sites (tertiary alicyclic amines) is 1. The lowest BCUT2D eigenvalue weighted by molar-refractivity contribution is -0.219. The smallest absolute Gasteiger partial charge is 0.190 e. The molecule has 8 atom stereocenters. The number of nitrogens with zero attached hydrogens (tertiary/aromatic N) is 2. The molecule has 1 aliphatic heterocycles. The van der Waals surface area contributed by atoms with Crippen LogP contribution in [0, 0.1) is 35.5 Å². The number of carbonyl (C=O) groups is 2. The summed E-state index contributed by atoms with van der Waals surface area (Å²) in [6.07, 6.45) is 11.3. The first-order valence-electron chi connectivity index (χ1n) is 17.9. The minimum absolute atomic E-state index is 0.0676. The van der Waals surface area contributed by atoms with Gasteiger partial charge < -0.3 is 15.3 Å². The summed E-state index contributed by atoms with van der Waals surface area (Å²) in [5.74, 6) is -2.12. The molecule has 0 unspecified atom stereocenters. The number of benzene rings is 1. The van der Waals surface area contributed by atoms with Gasteiger partial charge in [0.1, 0.15) is 12.2 Å². The van der Waals surface area contributed by atoms with Crippen LogP contribution in [0.15, 0.2) is 78.5 Å². The maximum atomic E-state index is 16.9. The van der Waals surface area contributed by atoms with E-state index in [1.165, 1.54) is 54.8 Å². The van der Waals surface area contributed by atoms with E-state index in [1.807, 2.05) is 12.3 Å². The van der Waals surface area contributed by atoms with Gasteiger partial charge in [-0.2, -0.15) is 0 Å². The summed E-state index contributed by atoms with van der Waals surface area (Å²) in [6, 6.07) is 14.8. The molecule has 1 aromatic heterocycles. The predicted octanol–water partition coefficient (Wildman–Crippen LogP) is 5.81. The molecular weight excluding hydrogens is 619 g/mol. The van der Waals surface area contributed by atoms with Crippen molar-refractivity contribution in [2.24, 2.45) is 28.6 Å². The number of aryl methyl sites for hydroxylation is 1. The van der Waals surface area contributed by atoms with Crippen molar-refractivity contribution in [2.75, 3.05) is 26.2 Å². The fourth-order valence-electron chi connectivity index (χ4n) is 10.1. The van der Waals surface area contributed by atoms with Gasteiger partial charge in [-0.1, -0.05) is 67.5 Å². The summed E-state index contributed by atoms with van der Waals surface area (Å²) < 4.78 is 16.9. The van der Waals surface area contributed by atoms with E-state index in [2.05, 4.69) is 59.3 Å². The third-order valence-electron chi connectivity index (χ3n) is 12.8. The third kappa shape index (κ3) is 5.78. The van der Waals surface area contributed by atoms with Gasteiger partial charge in [-0.05, 0) is 107 Å². The zero-order valence-corrected chi connectivity index (χ0v) is 29.2. The number of carbonyl (C=O) groups excluding carboxylic acids is 2. The molecule has 8 heteroatoms. The Hall–Kier alpha value is -3.30. The standard InChI is InChI=1S/C22H29FO5.C19H22N2/c1-12-8-16-15-5-4-13-9-14(25)6-7-19(13,2)21(15,23)17(26)10-20(16,3)22(12,28)18(27)11-24;1-16-7-9-17(10-8-16)18(19-6-2-3-12-20-19)11-15-21-13-4-5-14-21/h6-7,9,12,15-17,24,26,28H,4-5,8,10-11H2,1-3H3;2-3,6-12H,4-5,13-15H2,1H3/b;18-11+/t12-,15+,16+,17+,19+,20+,21+,22+;/m1./s1. The van der Waals surface area contributed by atoms with Crippen LogP contribution in [-0.4, -0.2) is 80.4 Å². The number of Topliss-reactive ketones (excluding diaryl/α,β-unsaturated/α-hetero) is 1. The molecule has 4 fully saturated rings. The number of pyridine rings is 1. The molecule has 0 radical (unpaired) electrons. The molecular formula is C41H51FN2O5. The number of aliphatic hydroxyl groups is 3. The number of aromatic nitrogens is 1. The van der Waals surface area contributed by atoms with Gasteiger partial charge in [0.15, 0.2) is 17.2 Å². The highest BCUT2D eigenvalue weighted by Crippen LogP contribution is 2.70. The molecule has 262 valence electrons. The molecule has 3 saturated carbocycles. The summed E-state index contributed by atoms with van der Waals surface area (Å²) in [6.45, 7) is 10.1. The summed E-state index contributed by atoms with van der Waals surface area (Å²) in [7, 11) is 0. The normalized spacial score (nSPS) is 37.0. The molecule has 2 heterocycles. The van der Waals surface area contributed by atoms with Crippen LogP contribution in [0.3, 0.4) is 0 Å². The van der Waals surface area contributed by atoms with Gasteiger partial charge in [-0.15, -0.1) is 0 Å². The Morgan fingerprint density at radius 2 is 1.82 bits per heavy atom. The number of hydrogen-bond acceptors (Lipinski definition) is 7. The van der Waals surface area contributed by atoms with Crippen molar-refractivity contribution in [1.29, 1.82) is 0 Å². The predicted molar refractivity (Wildman–Crippen MR) is 188 cm³/mol. The topological polar surface area (TPSA) is 111 Å². The summed E-state index contributed by atoms with van der Waals surface area (Å²) >= 11 is 0. The molecule has 0 spiro atoms. The molecule has 49 heavy (non-hydrogen) atoms. The van der Waals surface area contributed by atoms with Crippen molar-refractivity contribution in [2.45, 2.75) is 83.6 Å². The number of halogens is 1. The van der Waals surface area contributed by atoms with Crippen molar-refractivity contribution < 1.29 is 29.3 Å². The molecule has 7 rings (SSSR count). The fourth-order valence-corrected chi connectivity index (χ4v) is 10.1. The lowest BCUT2D eigenvalue weighted by Crippen LogP contribution is -2.69. The number of fused-ring (bicyclic) bond motifs is 5. The highest BCUT2D eigenvalue weighted by Gasteiger charge is 2.75. The highest BCUT2D eigenvalue weighted by atomic mass is 19.1. The van der Waals surface area contributed by atoms with Gasteiger partial charge in [0.2, 0.25) is 0 Å². The zero-order chi connectivity index (χ0) is 35.2. The highest BCUT2D eigenvalue weighted by molar-refractivity contribution is 6.01. The Morgan fingerprint density at radius 1 is 1.10 bits per heavy atom. The fraction of sp³-hybridized carbons (Fsp3) is 0.537. The van der Waals surface area contributed by atoms with E-state index in [1.54, 1.807) is 26.8 Å². The molecule has 1 aromatic carbocycles. The van der Waals surface area contributed by atoms with Crippen molar-refractivity contribution in [3.05, 3.63) is 95.4 Å². The molecule has 5 aliphatic rings. The van der Waals surface area contributed by atoms with Crippen LogP contribution in [-0.2, 0) is 9.59 Å². The Balaban J connectivity index is 0.000000177. The average Bonchev–Trinajstić information content (AvgIpc) is 3.68. The molecule has 4 aliphatic carbocycles. The third-order valence-corrected chi connectivity index (χ3v) is 12.8. The van der Waals surface area contributed by atoms with Gasteiger partial charge in [0, 0.05) is 35.1 Å². The summed E-state index contributed by atoms with van der Waals surface area (Å²) in [5.41, 5.74) is -0.336. The van der Waals surface area contributed by atoms with Crippen molar-refractivity contribution in [3.63, 3.8) is 0 Å². The maximum absolute atomic E-state index is 16.9.